The van der Waals surface area contributed by atoms with Crippen molar-refractivity contribution >= 4 is 11.8 Å². The quantitative estimate of drug-likeness (QED) is 0.551. The van der Waals surface area contributed by atoms with Crippen LogP contribution < -0.4 is 5.32 Å². The molecule has 0 unspecified atom stereocenters. The molecule has 0 aliphatic carbocycles. The van der Waals surface area contributed by atoms with Crippen molar-refractivity contribution in [3.8, 4) is 11.4 Å². The molecule has 1 aliphatic rings. The molecule has 1 aliphatic heterocycles. The maximum Gasteiger partial charge on any atom is 0.471 e. The van der Waals surface area contributed by atoms with Crippen molar-refractivity contribution in [3.63, 3.8) is 0 Å². The highest BCUT2D eigenvalue weighted by Crippen LogP contribution is 2.29. The SMILES string of the molecule is CC(C)(C(=O)N1CCOC[C@@H]1CNC(=O)c1ccc(-c2noc(C(F)(F)F)n2)cn1)c1ccccc1. The van der Waals surface area contributed by atoms with Gasteiger partial charge in [0.2, 0.25) is 11.7 Å². The molecule has 0 bridgehead atoms. The van der Waals surface area contributed by atoms with Gasteiger partial charge in [0.1, 0.15) is 5.69 Å². The van der Waals surface area contributed by atoms with Gasteiger partial charge < -0.3 is 19.5 Å². The molecule has 4 rings (SSSR count). The Balaban J connectivity index is 1.40. The molecule has 9 nitrogen and oxygen atoms in total. The summed E-state index contributed by atoms with van der Waals surface area (Å²) in [6, 6.07) is 11.8. The number of hydrogen-bond donors (Lipinski definition) is 1. The molecule has 1 aromatic carbocycles. The van der Waals surface area contributed by atoms with Gasteiger partial charge in [0.25, 0.3) is 5.91 Å². The van der Waals surface area contributed by atoms with Crippen LogP contribution in [0.25, 0.3) is 11.4 Å². The van der Waals surface area contributed by atoms with Gasteiger partial charge in [-0.1, -0.05) is 35.5 Å². The lowest BCUT2D eigenvalue weighted by atomic mass is 9.82. The van der Waals surface area contributed by atoms with Crippen molar-refractivity contribution < 1.29 is 32.0 Å². The molecule has 2 amide bonds. The minimum Gasteiger partial charge on any atom is -0.377 e. The summed E-state index contributed by atoms with van der Waals surface area (Å²) in [6.07, 6.45) is -3.57. The number of nitrogens with one attached hydrogen (secondary N) is 1. The van der Waals surface area contributed by atoms with Crippen molar-refractivity contribution in [3.05, 3.63) is 65.8 Å². The van der Waals surface area contributed by atoms with Crippen LogP contribution in [0, 0.1) is 0 Å². The maximum atomic E-state index is 13.4. The molecule has 1 saturated heterocycles. The van der Waals surface area contributed by atoms with E-state index >= 15 is 0 Å². The van der Waals surface area contributed by atoms with Crippen LogP contribution in [0.4, 0.5) is 13.2 Å². The second-order valence-corrected chi connectivity index (χ2v) is 8.78. The zero-order valence-electron chi connectivity index (χ0n) is 19.6. The average molecular weight is 503 g/mol. The van der Waals surface area contributed by atoms with Crippen LogP contribution in [0.15, 0.2) is 53.2 Å². The number of carbonyl (C=O) groups is 2. The number of benzene rings is 1. The highest BCUT2D eigenvalue weighted by atomic mass is 19.4. The van der Waals surface area contributed by atoms with Crippen molar-refractivity contribution in [2.45, 2.75) is 31.5 Å². The lowest BCUT2D eigenvalue weighted by Gasteiger charge is -2.40. The third-order valence-corrected chi connectivity index (χ3v) is 5.94. The Kier molecular flexibility index (Phi) is 7.07. The Morgan fingerprint density at radius 3 is 2.53 bits per heavy atom. The van der Waals surface area contributed by atoms with E-state index in [0.717, 1.165) is 5.56 Å². The van der Waals surface area contributed by atoms with Crippen molar-refractivity contribution in [2.75, 3.05) is 26.3 Å². The van der Waals surface area contributed by atoms with Crippen molar-refractivity contribution in [2.24, 2.45) is 0 Å². The number of pyridine rings is 1. The Labute approximate surface area is 204 Å². The van der Waals surface area contributed by atoms with Crippen LogP contribution in [0.1, 0.15) is 35.8 Å². The molecule has 0 spiro atoms. The van der Waals surface area contributed by atoms with Crippen LogP contribution in [-0.2, 0) is 21.1 Å². The highest BCUT2D eigenvalue weighted by Gasteiger charge is 2.39. The Morgan fingerprint density at radius 2 is 1.89 bits per heavy atom. The van der Waals surface area contributed by atoms with Gasteiger partial charge in [-0.3, -0.25) is 14.6 Å². The second-order valence-electron chi connectivity index (χ2n) is 8.78. The molecule has 0 radical (unpaired) electrons. The molecular weight excluding hydrogens is 479 g/mol. The molecule has 36 heavy (non-hydrogen) atoms. The van der Waals surface area contributed by atoms with Gasteiger partial charge in [0.05, 0.1) is 24.7 Å². The zero-order chi connectivity index (χ0) is 25.9. The van der Waals surface area contributed by atoms with Gasteiger partial charge in [0.15, 0.2) is 0 Å². The summed E-state index contributed by atoms with van der Waals surface area (Å²) in [5, 5.41) is 6.05. The van der Waals surface area contributed by atoms with Crippen LogP contribution in [-0.4, -0.2) is 64.2 Å². The number of carbonyl (C=O) groups excluding carboxylic acids is 2. The fraction of sp³-hybridized carbons (Fsp3) is 0.375. The molecule has 1 N–H and O–H groups in total. The van der Waals surface area contributed by atoms with Gasteiger partial charge in [-0.2, -0.15) is 18.2 Å². The molecule has 1 fully saturated rings. The predicted octanol–water partition coefficient (Wildman–Crippen LogP) is 3.09. The van der Waals surface area contributed by atoms with E-state index in [4.69, 9.17) is 4.74 Å². The number of nitrogens with zero attached hydrogens (tertiary/aromatic N) is 4. The highest BCUT2D eigenvalue weighted by molar-refractivity contribution is 5.92. The summed E-state index contributed by atoms with van der Waals surface area (Å²) in [6.45, 7) is 4.93. The Hall–Kier alpha value is -3.80. The van der Waals surface area contributed by atoms with Crippen LogP contribution in [0.3, 0.4) is 0 Å². The number of ether oxygens (including phenoxy) is 1. The molecule has 0 saturated carbocycles. The number of alkyl halides is 3. The van der Waals surface area contributed by atoms with Crippen molar-refractivity contribution in [1.29, 1.82) is 0 Å². The number of aromatic nitrogens is 3. The summed E-state index contributed by atoms with van der Waals surface area (Å²) in [7, 11) is 0. The second kappa shape index (κ2) is 10.1. The topological polar surface area (TPSA) is 110 Å². The van der Waals surface area contributed by atoms with E-state index in [1.807, 2.05) is 44.2 Å². The predicted molar refractivity (Wildman–Crippen MR) is 121 cm³/mol. The van der Waals surface area contributed by atoms with Crippen LogP contribution >= 0.6 is 0 Å². The first-order valence-corrected chi connectivity index (χ1v) is 11.2. The van der Waals surface area contributed by atoms with E-state index in [-0.39, 0.29) is 42.2 Å². The van der Waals surface area contributed by atoms with E-state index in [0.29, 0.717) is 13.2 Å². The number of rotatable bonds is 6. The standard InChI is InChI=1S/C24H24F3N5O4/c1-23(2,16-6-4-3-5-7-16)22(34)32-10-11-35-14-17(32)13-29-20(33)18-9-8-15(12-28-18)19-30-21(36-31-19)24(25,26)27/h3-9,12,17H,10-11,13-14H2,1-2H3,(H,29,33)/t17-/m0/s1. The van der Waals surface area contributed by atoms with Crippen molar-refractivity contribution in [1.82, 2.24) is 25.3 Å². The first-order chi connectivity index (χ1) is 17.1. The fourth-order valence-electron chi connectivity index (χ4n) is 3.85. The summed E-state index contributed by atoms with van der Waals surface area (Å²) >= 11 is 0. The molecule has 190 valence electrons. The largest absolute Gasteiger partial charge is 0.471 e. The molecule has 12 heteroatoms. The smallest absolute Gasteiger partial charge is 0.377 e. The third-order valence-electron chi connectivity index (χ3n) is 5.94. The summed E-state index contributed by atoms with van der Waals surface area (Å²) in [5.41, 5.74) is 0.320. The minimum atomic E-state index is -4.76. The van der Waals surface area contributed by atoms with E-state index < -0.39 is 23.4 Å². The minimum absolute atomic E-state index is 0.0394. The van der Waals surface area contributed by atoms with Gasteiger partial charge in [0, 0.05) is 24.8 Å². The lowest BCUT2D eigenvalue weighted by Crippen LogP contribution is -2.57. The summed E-state index contributed by atoms with van der Waals surface area (Å²) < 4.78 is 47.7. The number of halogens is 3. The van der Waals surface area contributed by atoms with E-state index in [2.05, 4.69) is 25.0 Å². The molecule has 3 aromatic rings. The van der Waals surface area contributed by atoms with Crippen LogP contribution in [0.2, 0.25) is 0 Å². The Morgan fingerprint density at radius 1 is 1.14 bits per heavy atom. The third kappa shape index (κ3) is 5.38. The van der Waals surface area contributed by atoms with Gasteiger partial charge in [-0.25, -0.2) is 0 Å². The number of hydrogen-bond acceptors (Lipinski definition) is 7. The molecule has 3 heterocycles. The van der Waals surface area contributed by atoms with E-state index in [9.17, 15) is 22.8 Å². The first-order valence-electron chi connectivity index (χ1n) is 11.2. The number of morpholine rings is 1. The van der Waals surface area contributed by atoms with Gasteiger partial charge in [-0.05, 0) is 31.5 Å². The lowest BCUT2D eigenvalue weighted by molar-refractivity contribution is -0.159. The monoisotopic (exact) mass is 503 g/mol. The van der Waals surface area contributed by atoms with E-state index in [1.54, 1.807) is 4.90 Å². The van der Waals surface area contributed by atoms with Crippen LogP contribution in [0.5, 0.6) is 0 Å². The zero-order valence-corrected chi connectivity index (χ0v) is 19.6. The molecule has 1 atom stereocenters. The van der Waals surface area contributed by atoms with E-state index in [1.165, 1.54) is 18.3 Å². The van der Waals surface area contributed by atoms with Gasteiger partial charge >= 0.3 is 12.1 Å². The first kappa shape index (κ1) is 25.3. The fourth-order valence-corrected chi connectivity index (χ4v) is 3.85. The summed E-state index contributed by atoms with van der Waals surface area (Å²) in [5.74, 6) is -2.34. The average Bonchev–Trinajstić information content (AvgIpc) is 3.39. The maximum absolute atomic E-state index is 13.4. The summed E-state index contributed by atoms with van der Waals surface area (Å²) in [4.78, 5) is 35.1. The van der Waals surface area contributed by atoms with Gasteiger partial charge in [-0.15, -0.1) is 0 Å². The molecule has 2 aromatic heterocycles. The number of amides is 2. The normalized spacial score (nSPS) is 16.6. The molecular formula is C24H24F3N5O4. The Bertz CT molecular complexity index is 1210.